The smallest absolute Gasteiger partial charge is 0.226 e. The van der Waals surface area contributed by atoms with Gasteiger partial charge in [0.1, 0.15) is 0 Å². The lowest BCUT2D eigenvalue weighted by Gasteiger charge is -2.20. The third-order valence-electron chi connectivity index (χ3n) is 4.81. The Labute approximate surface area is 143 Å². The van der Waals surface area contributed by atoms with Crippen molar-refractivity contribution in [3.63, 3.8) is 0 Å². The first-order valence-electron chi connectivity index (χ1n) is 8.74. The second-order valence-corrected chi connectivity index (χ2v) is 6.27. The third-order valence-corrected chi connectivity index (χ3v) is 4.81. The summed E-state index contributed by atoms with van der Waals surface area (Å²) in [6.45, 7) is 4.37. The molecular weight excluding hydrogens is 296 g/mol. The molecule has 0 amide bonds. The van der Waals surface area contributed by atoms with E-state index in [0.29, 0.717) is 6.04 Å². The molecule has 2 aromatic carbocycles. The monoisotopic (exact) mass is 321 g/mol. The molecule has 0 bridgehead atoms. The van der Waals surface area contributed by atoms with E-state index in [-0.39, 0.29) is 11.8 Å². The van der Waals surface area contributed by atoms with Gasteiger partial charge < -0.3 is 10.3 Å². The van der Waals surface area contributed by atoms with E-state index < -0.39 is 0 Å². The molecule has 0 saturated heterocycles. The highest BCUT2D eigenvalue weighted by Crippen LogP contribution is 2.23. The summed E-state index contributed by atoms with van der Waals surface area (Å²) in [4.78, 5) is 16.6. The van der Waals surface area contributed by atoms with Crippen LogP contribution in [0.2, 0.25) is 0 Å². The highest BCUT2D eigenvalue weighted by atomic mass is 16.1. The van der Waals surface area contributed by atoms with Crippen LogP contribution in [0.25, 0.3) is 10.9 Å². The first-order valence-corrected chi connectivity index (χ1v) is 8.74. The molecule has 0 saturated carbocycles. The topological polar surface area (TPSA) is 49.5 Å². The van der Waals surface area contributed by atoms with Gasteiger partial charge in [-0.05, 0) is 18.9 Å². The molecule has 124 valence electrons. The van der Waals surface area contributed by atoms with E-state index in [1.807, 2.05) is 48.7 Å². The van der Waals surface area contributed by atoms with Gasteiger partial charge in [-0.15, -0.1) is 0 Å². The van der Waals surface area contributed by atoms with Crippen LogP contribution in [-0.2, 0) is 0 Å². The van der Waals surface area contributed by atoms with E-state index >= 15 is 0 Å². The van der Waals surface area contributed by atoms with Gasteiger partial charge >= 0.3 is 0 Å². The lowest BCUT2D eigenvalue weighted by Crippen LogP contribution is -2.92. The van der Waals surface area contributed by atoms with Crippen molar-refractivity contribution in [3.05, 3.63) is 71.9 Å². The van der Waals surface area contributed by atoms with Crippen molar-refractivity contribution in [1.29, 1.82) is 0 Å². The summed E-state index contributed by atoms with van der Waals surface area (Å²) in [5.41, 5.74) is 2.86. The lowest BCUT2D eigenvalue weighted by atomic mass is 9.95. The highest BCUT2D eigenvalue weighted by molar-refractivity contribution is 6.09. The van der Waals surface area contributed by atoms with E-state index in [4.69, 9.17) is 0 Å². The van der Waals surface area contributed by atoms with Gasteiger partial charge in [0.25, 0.3) is 0 Å². The molecule has 0 aliphatic rings. The zero-order chi connectivity index (χ0) is 16.9. The van der Waals surface area contributed by atoms with Crippen LogP contribution in [0.5, 0.6) is 0 Å². The normalized spacial score (nSPS) is 12.6. The molecule has 0 spiro atoms. The molecule has 0 fully saturated rings. The van der Waals surface area contributed by atoms with E-state index in [1.165, 1.54) is 0 Å². The molecule has 3 heteroatoms. The second kappa shape index (κ2) is 7.45. The molecular formula is C21H25N2O+. The molecule has 3 aromatic rings. The van der Waals surface area contributed by atoms with Gasteiger partial charge in [-0.2, -0.15) is 0 Å². The average Bonchev–Trinajstić information content (AvgIpc) is 3.07. The number of rotatable bonds is 7. The molecule has 0 aliphatic carbocycles. The Morgan fingerprint density at radius 2 is 1.67 bits per heavy atom. The van der Waals surface area contributed by atoms with Crippen LogP contribution in [0, 0.1) is 0 Å². The number of hydrogen-bond donors (Lipinski definition) is 2. The number of carbonyl (C=O) groups is 1. The number of ketones is 1. The number of nitrogens with one attached hydrogen (secondary N) is 1. The van der Waals surface area contributed by atoms with Crippen LogP contribution < -0.4 is 5.32 Å². The molecule has 1 aromatic heterocycles. The van der Waals surface area contributed by atoms with Gasteiger partial charge in [0, 0.05) is 28.2 Å². The molecule has 0 radical (unpaired) electrons. The number of quaternary nitrogens is 1. The van der Waals surface area contributed by atoms with Crippen molar-refractivity contribution in [1.82, 2.24) is 4.98 Å². The molecule has 0 unspecified atom stereocenters. The summed E-state index contributed by atoms with van der Waals surface area (Å²) < 4.78 is 0. The summed E-state index contributed by atoms with van der Waals surface area (Å²) in [6, 6.07) is 18.3. The fourth-order valence-corrected chi connectivity index (χ4v) is 3.29. The Kier molecular flexibility index (Phi) is 5.11. The van der Waals surface area contributed by atoms with Crippen LogP contribution in [0.1, 0.15) is 48.7 Å². The van der Waals surface area contributed by atoms with Crippen LogP contribution >= 0.6 is 0 Å². The number of aromatic amines is 1. The fraction of sp³-hybridized carbons (Fsp3) is 0.286. The van der Waals surface area contributed by atoms with Crippen molar-refractivity contribution in [2.45, 2.75) is 38.8 Å². The second-order valence-electron chi connectivity index (χ2n) is 6.27. The van der Waals surface area contributed by atoms with Gasteiger partial charge in [0.2, 0.25) is 5.78 Å². The number of benzene rings is 2. The quantitative estimate of drug-likeness (QED) is 0.638. The number of carbonyl (C=O) groups excluding carboxylic acids is 1. The predicted molar refractivity (Wildman–Crippen MR) is 98.1 cm³/mol. The molecule has 3 N–H and O–H groups in total. The Bertz CT molecular complexity index is 803. The van der Waals surface area contributed by atoms with E-state index in [9.17, 15) is 4.79 Å². The largest absolute Gasteiger partial charge is 0.360 e. The van der Waals surface area contributed by atoms with Crippen LogP contribution in [0.15, 0.2) is 60.8 Å². The van der Waals surface area contributed by atoms with Gasteiger partial charge in [-0.1, -0.05) is 62.4 Å². The predicted octanol–water partition coefficient (Wildman–Crippen LogP) is 3.84. The zero-order valence-electron chi connectivity index (χ0n) is 14.3. The Morgan fingerprint density at radius 3 is 2.38 bits per heavy atom. The molecule has 3 rings (SSSR count). The number of aromatic nitrogens is 1. The van der Waals surface area contributed by atoms with Gasteiger partial charge in [-0.25, -0.2) is 0 Å². The minimum absolute atomic E-state index is 0.172. The van der Waals surface area contributed by atoms with E-state index in [2.05, 4.69) is 36.3 Å². The fourth-order valence-electron chi connectivity index (χ4n) is 3.29. The van der Waals surface area contributed by atoms with Crippen LogP contribution in [0.3, 0.4) is 0 Å². The maximum Gasteiger partial charge on any atom is 0.226 e. The molecule has 1 heterocycles. The van der Waals surface area contributed by atoms with Gasteiger partial charge in [-0.3, -0.25) is 4.79 Å². The van der Waals surface area contributed by atoms with Gasteiger partial charge in [0.05, 0.1) is 6.04 Å². The summed E-state index contributed by atoms with van der Waals surface area (Å²) in [7, 11) is 0. The summed E-state index contributed by atoms with van der Waals surface area (Å²) >= 11 is 0. The van der Waals surface area contributed by atoms with Crippen molar-refractivity contribution >= 4 is 16.7 Å². The molecule has 1 atom stereocenters. The Hall–Kier alpha value is -2.39. The first kappa shape index (κ1) is 16.5. The zero-order valence-corrected chi connectivity index (χ0v) is 14.3. The van der Waals surface area contributed by atoms with E-state index in [1.54, 1.807) is 0 Å². The third kappa shape index (κ3) is 3.26. The summed E-state index contributed by atoms with van der Waals surface area (Å²) in [5, 5.41) is 3.24. The van der Waals surface area contributed by atoms with Crippen LogP contribution in [-0.4, -0.2) is 16.8 Å². The average molecular weight is 321 g/mol. The lowest BCUT2D eigenvalue weighted by molar-refractivity contribution is -0.715. The maximum atomic E-state index is 13.3. The minimum atomic E-state index is -0.199. The number of Topliss-reactive ketones (excluding diaryl/α,β-unsaturated/α-hetero) is 1. The number of hydrogen-bond acceptors (Lipinski definition) is 1. The first-order chi connectivity index (χ1) is 11.7. The number of para-hydroxylation sites is 1. The van der Waals surface area contributed by atoms with Crippen LogP contribution in [0.4, 0.5) is 0 Å². The Morgan fingerprint density at radius 1 is 1.00 bits per heavy atom. The highest BCUT2D eigenvalue weighted by Gasteiger charge is 2.29. The Balaban J connectivity index is 1.99. The standard InChI is InChI=1S/C21H24N2O/c1-3-16(4-2)23-20(15-10-6-5-7-11-15)21(24)18-14-22-19-13-9-8-12-17(18)19/h5-14,16,20,22-23H,3-4H2,1-2H3/p+1/t20-/m1/s1. The van der Waals surface area contributed by atoms with E-state index in [0.717, 1.165) is 34.9 Å². The molecule has 0 aliphatic heterocycles. The number of fused-ring (bicyclic) bond motifs is 1. The minimum Gasteiger partial charge on any atom is -0.360 e. The summed E-state index contributed by atoms with van der Waals surface area (Å²) in [6.07, 6.45) is 3.96. The van der Waals surface area contributed by atoms with Crippen molar-refractivity contribution in [2.75, 3.05) is 0 Å². The number of nitrogens with two attached hydrogens (primary N) is 1. The SMILES string of the molecule is CCC(CC)[NH2+][C@@H](C(=O)c1c[nH]c2ccccc12)c1ccccc1. The molecule has 24 heavy (non-hydrogen) atoms. The van der Waals surface area contributed by atoms with Gasteiger partial charge in [0.15, 0.2) is 6.04 Å². The number of H-pyrrole nitrogens is 1. The van der Waals surface area contributed by atoms with Crippen molar-refractivity contribution in [3.8, 4) is 0 Å². The van der Waals surface area contributed by atoms with Crippen molar-refractivity contribution < 1.29 is 10.1 Å². The maximum absolute atomic E-state index is 13.3. The summed E-state index contributed by atoms with van der Waals surface area (Å²) in [5.74, 6) is 0.172. The van der Waals surface area contributed by atoms with Crippen molar-refractivity contribution in [2.24, 2.45) is 0 Å². The molecule has 3 nitrogen and oxygen atoms in total.